The second kappa shape index (κ2) is 7.40. The zero-order valence-corrected chi connectivity index (χ0v) is 14.6. The minimum Gasteiger partial charge on any atom is -0.497 e. The first kappa shape index (κ1) is 17.0. The van der Waals surface area contributed by atoms with Gasteiger partial charge in [-0.05, 0) is 35.4 Å². The van der Waals surface area contributed by atoms with Gasteiger partial charge in [-0.25, -0.2) is 4.98 Å². The molecule has 0 amide bonds. The lowest BCUT2D eigenvalue weighted by atomic mass is 10.0. The summed E-state index contributed by atoms with van der Waals surface area (Å²) in [5.74, 6) is 1.59. The van der Waals surface area contributed by atoms with Crippen LogP contribution >= 0.6 is 0 Å². The summed E-state index contributed by atoms with van der Waals surface area (Å²) in [6, 6.07) is 15.3. The topological polar surface area (TPSA) is 56.5 Å². The van der Waals surface area contributed by atoms with Gasteiger partial charge in [-0.1, -0.05) is 24.3 Å². The van der Waals surface area contributed by atoms with Crippen molar-refractivity contribution in [2.45, 2.75) is 12.5 Å². The molecule has 0 fully saturated rings. The molecule has 5 heteroatoms. The number of aromatic nitrogens is 2. The molecule has 5 nitrogen and oxygen atoms in total. The number of rotatable bonds is 6. The molecule has 1 heterocycles. The third-order valence-electron chi connectivity index (χ3n) is 4.31. The Morgan fingerprint density at radius 3 is 2.08 bits per heavy atom. The molecule has 0 bridgehead atoms. The molecule has 0 aliphatic carbocycles. The van der Waals surface area contributed by atoms with Gasteiger partial charge in [0, 0.05) is 19.2 Å². The van der Waals surface area contributed by atoms with E-state index in [9.17, 15) is 5.11 Å². The Bertz CT molecular complexity index is 823. The molecule has 0 radical (unpaired) electrons. The summed E-state index contributed by atoms with van der Waals surface area (Å²) in [7, 11) is 5.21. The Labute approximate surface area is 147 Å². The van der Waals surface area contributed by atoms with Gasteiger partial charge in [-0.2, -0.15) is 0 Å². The van der Waals surface area contributed by atoms with E-state index < -0.39 is 6.10 Å². The van der Waals surface area contributed by atoms with Crippen molar-refractivity contribution in [3.05, 3.63) is 77.4 Å². The van der Waals surface area contributed by atoms with Crippen molar-refractivity contribution in [3.8, 4) is 11.5 Å². The van der Waals surface area contributed by atoms with Crippen LogP contribution in [0.2, 0.25) is 0 Å². The summed E-state index contributed by atoms with van der Waals surface area (Å²) in [5.41, 5.74) is 3.57. The van der Waals surface area contributed by atoms with Gasteiger partial charge in [0.1, 0.15) is 17.6 Å². The molecule has 2 aromatic carbocycles. The minimum absolute atomic E-state index is 0.670. The molecule has 1 unspecified atom stereocenters. The smallest absolute Gasteiger partial charge is 0.123 e. The number of aliphatic hydroxyl groups is 1. The van der Waals surface area contributed by atoms with Crippen molar-refractivity contribution in [1.82, 2.24) is 9.55 Å². The molecule has 130 valence electrons. The van der Waals surface area contributed by atoms with Gasteiger partial charge >= 0.3 is 0 Å². The van der Waals surface area contributed by atoms with Crippen molar-refractivity contribution >= 4 is 0 Å². The van der Waals surface area contributed by atoms with Crippen LogP contribution in [-0.4, -0.2) is 28.9 Å². The molecule has 0 aliphatic rings. The maximum atomic E-state index is 10.8. The van der Waals surface area contributed by atoms with Crippen molar-refractivity contribution in [2.24, 2.45) is 7.05 Å². The average molecular weight is 338 g/mol. The zero-order valence-electron chi connectivity index (χ0n) is 14.6. The summed E-state index contributed by atoms with van der Waals surface area (Å²) in [6.45, 7) is 0. The van der Waals surface area contributed by atoms with E-state index in [4.69, 9.17) is 9.47 Å². The highest BCUT2D eigenvalue weighted by Gasteiger charge is 2.19. The Hall–Kier alpha value is -2.79. The van der Waals surface area contributed by atoms with Gasteiger partial charge in [0.15, 0.2) is 0 Å². The fourth-order valence-electron chi connectivity index (χ4n) is 2.80. The van der Waals surface area contributed by atoms with Crippen LogP contribution in [0.5, 0.6) is 11.5 Å². The number of nitrogens with zero attached hydrogens (tertiary/aromatic N) is 2. The van der Waals surface area contributed by atoms with Crippen molar-refractivity contribution in [2.75, 3.05) is 14.2 Å². The van der Waals surface area contributed by atoms with Crippen LogP contribution in [0.1, 0.15) is 28.6 Å². The van der Waals surface area contributed by atoms with Crippen LogP contribution in [0.25, 0.3) is 0 Å². The van der Waals surface area contributed by atoms with E-state index >= 15 is 0 Å². The number of aryl methyl sites for hydroxylation is 1. The van der Waals surface area contributed by atoms with E-state index in [1.54, 1.807) is 20.5 Å². The van der Waals surface area contributed by atoms with Crippen LogP contribution in [-0.2, 0) is 13.5 Å². The monoisotopic (exact) mass is 338 g/mol. The van der Waals surface area contributed by atoms with Crippen LogP contribution in [0, 0.1) is 0 Å². The van der Waals surface area contributed by atoms with Gasteiger partial charge in [-0.15, -0.1) is 0 Å². The highest BCUT2D eigenvalue weighted by molar-refractivity contribution is 5.36. The number of ether oxygens (including phenoxy) is 2. The lowest BCUT2D eigenvalue weighted by molar-refractivity contribution is 0.214. The molecule has 3 aromatic rings. The first-order valence-corrected chi connectivity index (χ1v) is 8.07. The molecule has 1 aromatic heterocycles. The largest absolute Gasteiger partial charge is 0.497 e. The average Bonchev–Trinajstić information content (AvgIpc) is 3.02. The fraction of sp³-hybridized carbons (Fsp3) is 0.250. The number of benzene rings is 2. The van der Waals surface area contributed by atoms with E-state index in [2.05, 4.69) is 4.98 Å². The van der Waals surface area contributed by atoms with Crippen LogP contribution in [0.4, 0.5) is 0 Å². The highest BCUT2D eigenvalue weighted by atomic mass is 16.5. The summed E-state index contributed by atoms with van der Waals surface area (Å²) < 4.78 is 12.3. The Kier molecular flexibility index (Phi) is 5.05. The highest BCUT2D eigenvalue weighted by Crippen LogP contribution is 2.27. The van der Waals surface area contributed by atoms with Gasteiger partial charge in [-0.3, -0.25) is 0 Å². The van der Waals surface area contributed by atoms with E-state index in [1.165, 1.54) is 0 Å². The first-order chi connectivity index (χ1) is 12.1. The maximum absolute atomic E-state index is 10.8. The van der Waals surface area contributed by atoms with Crippen molar-refractivity contribution in [1.29, 1.82) is 0 Å². The van der Waals surface area contributed by atoms with E-state index in [-0.39, 0.29) is 0 Å². The standard InChI is InChI=1S/C20H22N2O3/c1-22-13-21-19(20(23)15-6-10-17(25-3)11-7-15)18(22)12-14-4-8-16(24-2)9-5-14/h4-11,13,20,23H,12H2,1-3H3. The number of hydrogen-bond donors (Lipinski definition) is 1. The van der Waals surface area contributed by atoms with Gasteiger partial charge < -0.3 is 19.1 Å². The van der Waals surface area contributed by atoms with Gasteiger partial charge in [0.2, 0.25) is 0 Å². The van der Waals surface area contributed by atoms with E-state index in [0.29, 0.717) is 12.1 Å². The molecule has 0 aliphatic heterocycles. The third-order valence-corrected chi connectivity index (χ3v) is 4.31. The molecule has 3 rings (SSSR count). The number of methoxy groups -OCH3 is 2. The Morgan fingerprint density at radius 2 is 1.52 bits per heavy atom. The second-order valence-corrected chi connectivity index (χ2v) is 5.89. The van der Waals surface area contributed by atoms with Crippen LogP contribution in [0.15, 0.2) is 54.9 Å². The second-order valence-electron chi connectivity index (χ2n) is 5.89. The van der Waals surface area contributed by atoms with Gasteiger partial charge in [0.25, 0.3) is 0 Å². The molecule has 1 atom stereocenters. The maximum Gasteiger partial charge on any atom is 0.123 e. The lowest BCUT2D eigenvalue weighted by Gasteiger charge is -2.13. The summed E-state index contributed by atoms with van der Waals surface area (Å²) in [5, 5.41) is 10.8. The zero-order chi connectivity index (χ0) is 17.8. The number of aliphatic hydroxyl groups excluding tert-OH is 1. The summed E-state index contributed by atoms with van der Waals surface area (Å²) in [4.78, 5) is 4.42. The lowest BCUT2D eigenvalue weighted by Crippen LogP contribution is -2.07. The predicted molar refractivity (Wildman–Crippen MR) is 96.1 cm³/mol. The van der Waals surface area contributed by atoms with E-state index in [1.807, 2.05) is 60.1 Å². The molecular weight excluding hydrogens is 316 g/mol. The molecule has 25 heavy (non-hydrogen) atoms. The molecule has 0 spiro atoms. The number of imidazole rings is 1. The SMILES string of the molecule is COc1ccc(Cc2c(C(O)c3ccc(OC)cc3)ncn2C)cc1. The predicted octanol–water partition coefficient (Wildman–Crippen LogP) is 3.11. The minimum atomic E-state index is -0.777. The third kappa shape index (κ3) is 3.67. The Balaban J connectivity index is 1.86. The molecular formula is C20H22N2O3. The summed E-state index contributed by atoms with van der Waals surface area (Å²) in [6.07, 6.45) is 1.64. The molecule has 1 N–H and O–H groups in total. The van der Waals surface area contributed by atoms with Gasteiger partial charge in [0.05, 0.1) is 26.2 Å². The number of hydrogen-bond acceptors (Lipinski definition) is 4. The first-order valence-electron chi connectivity index (χ1n) is 8.07. The van der Waals surface area contributed by atoms with Crippen LogP contribution < -0.4 is 9.47 Å². The molecule has 0 saturated heterocycles. The normalized spacial score (nSPS) is 12.0. The van der Waals surface area contributed by atoms with E-state index in [0.717, 1.165) is 28.3 Å². The van der Waals surface area contributed by atoms with Crippen molar-refractivity contribution in [3.63, 3.8) is 0 Å². The van der Waals surface area contributed by atoms with Crippen molar-refractivity contribution < 1.29 is 14.6 Å². The molecule has 0 saturated carbocycles. The quantitative estimate of drug-likeness (QED) is 0.750. The summed E-state index contributed by atoms with van der Waals surface area (Å²) >= 11 is 0. The van der Waals surface area contributed by atoms with Crippen LogP contribution in [0.3, 0.4) is 0 Å². The Morgan fingerprint density at radius 1 is 0.960 bits per heavy atom. The fourth-order valence-corrected chi connectivity index (χ4v) is 2.80.